The summed E-state index contributed by atoms with van der Waals surface area (Å²) in [5.41, 5.74) is 2.52. The van der Waals surface area contributed by atoms with E-state index in [0.29, 0.717) is 17.7 Å². The van der Waals surface area contributed by atoms with E-state index >= 15 is 0 Å². The highest BCUT2D eigenvalue weighted by atomic mass is 16.1. The number of likely N-dealkylation sites (tertiary alicyclic amines) is 1. The lowest BCUT2D eigenvalue weighted by Crippen LogP contribution is -2.23. The molecule has 4 nitrogen and oxygen atoms in total. The van der Waals surface area contributed by atoms with Gasteiger partial charge < -0.3 is 10.2 Å². The number of nitrogens with one attached hydrogen (secondary N) is 1. The summed E-state index contributed by atoms with van der Waals surface area (Å²) in [4.78, 5) is 13.9. The van der Waals surface area contributed by atoms with Gasteiger partial charge >= 0.3 is 0 Å². The van der Waals surface area contributed by atoms with E-state index in [9.17, 15) is 4.79 Å². The van der Waals surface area contributed by atoms with Gasteiger partial charge in [0.2, 0.25) is 0 Å². The average molecular weight is 446 g/mol. The van der Waals surface area contributed by atoms with Crippen molar-refractivity contribution in [3.63, 3.8) is 0 Å². The fraction of sp³-hybridized carbons (Fsp3) is 0.448. The van der Waals surface area contributed by atoms with Crippen LogP contribution in [0.1, 0.15) is 72.9 Å². The van der Waals surface area contributed by atoms with Crippen LogP contribution in [0.4, 0.5) is 0 Å². The first kappa shape index (κ1) is 26.4. The Hall–Kier alpha value is -2.90. The van der Waals surface area contributed by atoms with Crippen LogP contribution in [0.3, 0.4) is 0 Å². The molecule has 1 aliphatic heterocycles. The number of nitrogens with zero attached hydrogens (tertiary/aromatic N) is 2. The maximum Gasteiger partial charge on any atom is 0.251 e. The zero-order chi connectivity index (χ0) is 23.9. The van der Waals surface area contributed by atoms with Gasteiger partial charge in [0.05, 0.1) is 11.6 Å². The van der Waals surface area contributed by atoms with Crippen LogP contribution in [0.5, 0.6) is 0 Å². The minimum Gasteiger partial charge on any atom is -0.349 e. The predicted octanol–water partition coefficient (Wildman–Crippen LogP) is 6.17. The molecule has 2 unspecified atom stereocenters. The third-order valence-electron chi connectivity index (χ3n) is 6.22. The fourth-order valence-corrected chi connectivity index (χ4v) is 4.46. The maximum atomic E-state index is 11.4. The lowest BCUT2D eigenvalue weighted by atomic mass is 9.88. The summed E-state index contributed by atoms with van der Waals surface area (Å²) in [6, 6.07) is 19.7. The van der Waals surface area contributed by atoms with E-state index in [1.54, 1.807) is 35.9 Å². The molecule has 176 valence electrons. The van der Waals surface area contributed by atoms with E-state index in [2.05, 4.69) is 61.1 Å². The maximum absolute atomic E-state index is 11.4. The van der Waals surface area contributed by atoms with Crippen molar-refractivity contribution >= 4 is 5.91 Å². The van der Waals surface area contributed by atoms with Gasteiger partial charge in [0.1, 0.15) is 0 Å². The Balaban J connectivity index is 0.000000245. The number of amides is 1. The highest BCUT2D eigenvalue weighted by Gasteiger charge is 2.19. The molecular weight excluding hydrogens is 406 g/mol. The summed E-state index contributed by atoms with van der Waals surface area (Å²) >= 11 is 0. The lowest BCUT2D eigenvalue weighted by Gasteiger charge is -2.18. The molecule has 1 amide bonds. The number of nitriles is 1. The molecule has 0 aliphatic carbocycles. The van der Waals surface area contributed by atoms with E-state index in [1.807, 2.05) is 6.07 Å². The van der Waals surface area contributed by atoms with Crippen molar-refractivity contribution in [3.8, 4) is 6.07 Å². The molecule has 33 heavy (non-hydrogen) atoms. The minimum absolute atomic E-state index is 0.193. The Morgan fingerprint density at radius 2 is 2.03 bits per heavy atom. The average Bonchev–Trinajstić information content (AvgIpc) is 3.27. The molecule has 2 atom stereocenters. The van der Waals surface area contributed by atoms with Gasteiger partial charge in [-0.2, -0.15) is 5.26 Å². The molecule has 1 saturated heterocycles. The summed E-state index contributed by atoms with van der Waals surface area (Å²) in [6.45, 7) is 8.86. The number of benzene rings is 2. The first-order valence-electron chi connectivity index (χ1n) is 12.2. The van der Waals surface area contributed by atoms with Gasteiger partial charge in [-0.15, -0.1) is 6.58 Å². The van der Waals surface area contributed by atoms with Crippen LogP contribution in [-0.4, -0.2) is 37.5 Å². The van der Waals surface area contributed by atoms with Crippen LogP contribution in [-0.2, 0) is 0 Å². The molecule has 2 aromatic carbocycles. The third kappa shape index (κ3) is 9.63. The standard InChI is InChI=1S/C18H29N.C11H10N2O/c1-3-8-17(18-10-5-4-6-11-18)12-7-9-16-13-14-19(2)15-16;1-2-6-13-11(14)10-5-3-4-9(7-10)8-12/h4-6,10-11,16-17H,3,7-9,12-15H2,1-2H3;2-5,7H,1,6H2,(H,13,14). The van der Waals surface area contributed by atoms with E-state index in [-0.39, 0.29) is 5.91 Å². The van der Waals surface area contributed by atoms with Gasteiger partial charge in [-0.1, -0.05) is 62.2 Å². The van der Waals surface area contributed by atoms with Crippen LogP contribution < -0.4 is 5.32 Å². The molecular formula is C29H39N3O. The van der Waals surface area contributed by atoms with Gasteiger partial charge in [0.25, 0.3) is 5.91 Å². The third-order valence-corrected chi connectivity index (χ3v) is 6.22. The van der Waals surface area contributed by atoms with Gasteiger partial charge in [-0.3, -0.25) is 4.79 Å². The molecule has 0 aromatic heterocycles. The fourth-order valence-electron chi connectivity index (χ4n) is 4.46. The smallest absolute Gasteiger partial charge is 0.251 e. The molecule has 1 N–H and O–H groups in total. The summed E-state index contributed by atoms with van der Waals surface area (Å²) in [6.07, 6.45) is 9.86. The predicted molar refractivity (Wildman–Crippen MR) is 137 cm³/mol. The van der Waals surface area contributed by atoms with Crippen LogP contribution in [0.25, 0.3) is 0 Å². The first-order chi connectivity index (χ1) is 16.1. The molecule has 4 heteroatoms. The highest BCUT2D eigenvalue weighted by molar-refractivity contribution is 5.94. The number of carbonyl (C=O) groups excluding carboxylic acids is 1. The molecule has 3 rings (SSSR count). The zero-order valence-electron chi connectivity index (χ0n) is 20.3. The van der Waals surface area contributed by atoms with Crippen molar-refractivity contribution in [2.75, 3.05) is 26.7 Å². The summed E-state index contributed by atoms with van der Waals surface area (Å²) in [5, 5.41) is 11.3. The van der Waals surface area contributed by atoms with Crippen molar-refractivity contribution in [1.29, 1.82) is 5.26 Å². The van der Waals surface area contributed by atoms with Crippen molar-refractivity contribution in [2.45, 2.75) is 51.4 Å². The van der Waals surface area contributed by atoms with Crippen molar-refractivity contribution < 1.29 is 4.79 Å². The lowest BCUT2D eigenvalue weighted by molar-refractivity contribution is 0.0958. The Morgan fingerprint density at radius 1 is 1.24 bits per heavy atom. The van der Waals surface area contributed by atoms with E-state index in [4.69, 9.17) is 5.26 Å². The van der Waals surface area contributed by atoms with E-state index in [0.717, 1.165) is 11.8 Å². The van der Waals surface area contributed by atoms with Crippen LogP contribution >= 0.6 is 0 Å². The number of hydrogen-bond donors (Lipinski definition) is 1. The quantitative estimate of drug-likeness (QED) is 0.445. The van der Waals surface area contributed by atoms with Crippen molar-refractivity contribution in [1.82, 2.24) is 10.2 Å². The topological polar surface area (TPSA) is 56.1 Å². The number of rotatable bonds is 10. The largest absolute Gasteiger partial charge is 0.349 e. The van der Waals surface area contributed by atoms with Gasteiger partial charge in [0.15, 0.2) is 0 Å². The molecule has 0 spiro atoms. The number of carbonyl (C=O) groups is 1. The van der Waals surface area contributed by atoms with Gasteiger partial charge in [-0.05, 0) is 74.9 Å². The van der Waals surface area contributed by atoms with Crippen molar-refractivity contribution in [2.24, 2.45) is 5.92 Å². The Labute approximate surface area is 200 Å². The molecule has 1 aliphatic rings. The SMILES string of the molecule is C=CCNC(=O)c1cccc(C#N)c1.CCCC(CCCC1CCN(C)C1)c1ccccc1. The number of hydrogen-bond acceptors (Lipinski definition) is 3. The second-order valence-electron chi connectivity index (χ2n) is 8.94. The van der Waals surface area contributed by atoms with Crippen LogP contribution in [0.15, 0.2) is 67.3 Å². The molecule has 0 radical (unpaired) electrons. The van der Waals surface area contributed by atoms with Crippen molar-refractivity contribution in [3.05, 3.63) is 83.9 Å². The van der Waals surface area contributed by atoms with Gasteiger partial charge in [-0.25, -0.2) is 0 Å². The molecule has 0 saturated carbocycles. The summed E-state index contributed by atoms with van der Waals surface area (Å²) in [5.74, 6) is 1.55. The molecule has 0 bridgehead atoms. The molecule has 1 fully saturated rings. The molecule has 1 heterocycles. The Bertz CT molecular complexity index is 887. The second-order valence-corrected chi connectivity index (χ2v) is 8.94. The van der Waals surface area contributed by atoms with Crippen LogP contribution in [0.2, 0.25) is 0 Å². The van der Waals surface area contributed by atoms with E-state index < -0.39 is 0 Å². The minimum atomic E-state index is -0.193. The summed E-state index contributed by atoms with van der Waals surface area (Å²) < 4.78 is 0. The van der Waals surface area contributed by atoms with Crippen LogP contribution in [0, 0.1) is 17.2 Å². The highest BCUT2D eigenvalue weighted by Crippen LogP contribution is 2.29. The monoisotopic (exact) mass is 445 g/mol. The normalized spacial score (nSPS) is 16.2. The molecule has 2 aromatic rings. The summed E-state index contributed by atoms with van der Waals surface area (Å²) in [7, 11) is 2.25. The Morgan fingerprint density at radius 3 is 2.67 bits per heavy atom. The van der Waals surface area contributed by atoms with Gasteiger partial charge in [0, 0.05) is 18.7 Å². The zero-order valence-corrected chi connectivity index (χ0v) is 20.3. The second kappa shape index (κ2) is 15.0. The Kier molecular flexibility index (Phi) is 12.0. The first-order valence-corrected chi connectivity index (χ1v) is 12.2. The van der Waals surface area contributed by atoms with E-state index in [1.165, 1.54) is 51.6 Å².